The highest BCUT2D eigenvalue weighted by Gasteiger charge is 2.19. The van der Waals surface area contributed by atoms with Crippen molar-refractivity contribution in [3.63, 3.8) is 0 Å². The first-order chi connectivity index (χ1) is 8.06. The molecule has 0 rings (SSSR count). The summed E-state index contributed by atoms with van der Waals surface area (Å²) in [6, 6.07) is 0.166. The molecule has 1 N–H and O–H groups in total. The minimum Gasteiger partial charge on any atom is -0.469 e. The van der Waals surface area contributed by atoms with Crippen LogP contribution in [-0.4, -0.2) is 50.2 Å². The zero-order valence-corrected chi connectivity index (χ0v) is 12.0. The number of carbonyl (C=O) groups is 1. The van der Waals surface area contributed by atoms with Crippen LogP contribution in [0.2, 0.25) is 0 Å². The number of carbonyl (C=O) groups excluding carboxylic acids is 1. The third kappa shape index (κ3) is 6.64. The van der Waals surface area contributed by atoms with Gasteiger partial charge in [0.15, 0.2) is 0 Å². The Balaban J connectivity index is 3.70. The summed E-state index contributed by atoms with van der Waals surface area (Å²) in [7, 11) is 1.44. The molecule has 0 amide bonds. The number of esters is 1. The summed E-state index contributed by atoms with van der Waals surface area (Å²) in [5.74, 6) is -0.234. The van der Waals surface area contributed by atoms with E-state index in [-0.39, 0.29) is 17.9 Å². The first-order valence-electron chi connectivity index (χ1n) is 6.60. The Hall–Kier alpha value is -0.610. The minimum atomic E-state index is -0.145. The maximum atomic E-state index is 11.3. The minimum absolute atomic E-state index is 0.0894. The van der Waals surface area contributed by atoms with Crippen molar-refractivity contribution in [1.82, 2.24) is 10.2 Å². The van der Waals surface area contributed by atoms with Gasteiger partial charge in [-0.15, -0.1) is 0 Å². The predicted octanol–water partition coefficient (Wildman–Crippen LogP) is 1.51. The van der Waals surface area contributed by atoms with E-state index in [0.717, 1.165) is 32.6 Å². The van der Waals surface area contributed by atoms with Crippen LogP contribution in [0.15, 0.2) is 0 Å². The number of nitrogens with zero attached hydrogens (tertiary/aromatic N) is 1. The summed E-state index contributed by atoms with van der Waals surface area (Å²) in [5, 5.41) is 3.37. The van der Waals surface area contributed by atoms with Crippen LogP contribution in [0.3, 0.4) is 0 Å². The van der Waals surface area contributed by atoms with Crippen LogP contribution in [0.25, 0.3) is 0 Å². The Morgan fingerprint density at radius 2 is 1.88 bits per heavy atom. The summed E-state index contributed by atoms with van der Waals surface area (Å²) in [4.78, 5) is 13.7. The zero-order valence-electron chi connectivity index (χ0n) is 12.0. The maximum Gasteiger partial charge on any atom is 0.309 e. The molecule has 0 aromatic carbocycles. The summed E-state index contributed by atoms with van der Waals surface area (Å²) >= 11 is 0. The van der Waals surface area contributed by atoms with E-state index in [4.69, 9.17) is 4.74 Å². The molecule has 2 atom stereocenters. The lowest BCUT2D eigenvalue weighted by Crippen LogP contribution is -2.38. The molecule has 0 radical (unpaired) electrons. The SMILES string of the molecule is CCN(CC)CCCNC(C)C(C)C(=O)OC. The third-order valence-corrected chi connectivity index (χ3v) is 3.33. The number of methoxy groups -OCH3 is 1. The van der Waals surface area contributed by atoms with Crippen molar-refractivity contribution < 1.29 is 9.53 Å². The van der Waals surface area contributed by atoms with Crippen LogP contribution in [-0.2, 0) is 9.53 Å². The molecular formula is C13H28N2O2. The van der Waals surface area contributed by atoms with Crippen molar-refractivity contribution in [2.24, 2.45) is 5.92 Å². The van der Waals surface area contributed by atoms with Crippen molar-refractivity contribution in [2.45, 2.75) is 40.2 Å². The summed E-state index contributed by atoms with van der Waals surface area (Å²) in [5.41, 5.74) is 0. The van der Waals surface area contributed by atoms with Crippen molar-refractivity contribution in [3.8, 4) is 0 Å². The van der Waals surface area contributed by atoms with Gasteiger partial charge in [-0.2, -0.15) is 0 Å². The Morgan fingerprint density at radius 1 is 1.29 bits per heavy atom. The number of ether oxygens (including phenoxy) is 1. The normalized spacial score (nSPS) is 14.7. The van der Waals surface area contributed by atoms with E-state index in [1.807, 2.05) is 13.8 Å². The largest absolute Gasteiger partial charge is 0.469 e. The Labute approximate surface area is 106 Å². The van der Waals surface area contributed by atoms with Gasteiger partial charge in [0.25, 0.3) is 0 Å². The quantitative estimate of drug-likeness (QED) is 0.493. The fraction of sp³-hybridized carbons (Fsp3) is 0.923. The van der Waals surface area contributed by atoms with Crippen LogP contribution < -0.4 is 5.32 Å². The molecule has 0 aromatic rings. The second kappa shape index (κ2) is 9.42. The van der Waals surface area contributed by atoms with Crippen molar-refractivity contribution in [3.05, 3.63) is 0 Å². The average Bonchev–Trinajstić information content (AvgIpc) is 2.36. The number of nitrogens with one attached hydrogen (secondary N) is 1. The van der Waals surface area contributed by atoms with Gasteiger partial charge in [0.05, 0.1) is 13.0 Å². The zero-order chi connectivity index (χ0) is 13.3. The lowest BCUT2D eigenvalue weighted by molar-refractivity contribution is -0.145. The molecule has 0 aromatic heterocycles. The molecule has 17 heavy (non-hydrogen) atoms. The van der Waals surface area contributed by atoms with Crippen molar-refractivity contribution >= 4 is 5.97 Å². The molecule has 0 saturated carbocycles. The molecule has 0 fully saturated rings. The van der Waals surface area contributed by atoms with Crippen LogP contribution in [0.5, 0.6) is 0 Å². The molecule has 0 saturated heterocycles. The molecule has 4 heteroatoms. The topological polar surface area (TPSA) is 41.6 Å². The van der Waals surface area contributed by atoms with E-state index >= 15 is 0 Å². The van der Waals surface area contributed by atoms with Gasteiger partial charge >= 0.3 is 5.97 Å². The monoisotopic (exact) mass is 244 g/mol. The molecule has 2 unspecified atom stereocenters. The van der Waals surface area contributed by atoms with Gasteiger partial charge in [-0.1, -0.05) is 20.8 Å². The third-order valence-electron chi connectivity index (χ3n) is 3.33. The van der Waals surface area contributed by atoms with Gasteiger partial charge in [0.2, 0.25) is 0 Å². The van der Waals surface area contributed by atoms with Gasteiger partial charge in [-0.3, -0.25) is 4.79 Å². The molecule has 0 bridgehead atoms. The van der Waals surface area contributed by atoms with Crippen LogP contribution in [0.1, 0.15) is 34.1 Å². The van der Waals surface area contributed by atoms with Gasteiger partial charge in [-0.05, 0) is 39.5 Å². The van der Waals surface area contributed by atoms with E-state index in [1.54, 1.807) is 0 Å². The van der Waals surface area contributed by atoms with E-state index < -0.39 is 0 Å². The Morgan fingerprint density at radius 3 is 2.35 bits per heavy atom. The first-order valence-corrected chi connectivity index (χ1v) is 6.60. The average molecular weight is 244 g/mol. The molecule has 0 aliphatic heterocycles. The highest BCUT2D eigenvalue weighted by molar-refractivity contribution is 5.72. The van der Waals surface area contributed by atoms with Gasteiger partial charge in [-0.25, -0.2) is 0 Å². The molecule has 0 aliphatic rings. The van der Waals surface area contributed by atoms with Crippen LogP contribution in [0, 0.1) is 5.92 Å². The summed E-state index contributed by atoms with van der Waals surface area (Å²) in [6.45, 7) is 12.5. The summed E-state index contributed by atoms with van der Waals surface area (Å²) < 4.78 is 4.73. The van der Waals surface area contributed by atoms with E-state index in [0.29, 0.717) is 0 Å². The molecule has 0 spiro atoms. The maximum absolute atomic E-state index is 11.3. The van der Waals surface area contributed by atoms with Crippen molar-refractivity contribution in [1.29, 1.82) is 0 Å². The lowest BCUT2D eigenvalue weighted by Gasteiger charge is -2.21. The highest BCUT2D eigenvalue weighted by Crippen LogP contribution is 2.04. The Bertz CT molecular complexity index is 206. The second-order valence-electron chi connectivity index (χ2n) is 4.44. The van der Waals surface area contributed by atoms with Gasteiger partial charge in [0, 0.05) is 6.04 Å². The standard InChI is InChI=1S/C13H28N2O2/c1-6-15(7-2)10-8-9-14-12(4)11(3)13(16)17-5/h11-12,14H,6-10H2,1-5H3. The van der Waals surface area contributed by atoms with Gasteiger partial charge in [0.1, 0.15) is 0 Å². The van der Waals surface area contributed by atoms with Gasteiger partial charge < -0.3 is 15.0 Å². The van der Waals surface area contributed by atoms with E-state index in [1.165, 1.54) is 7.11 Å². The molecule has 102 valence electrons. The molecule has 0 aliphatic carbocycles. The predicted molar refractivity (Wildman–Crippen MR) is 71.0 cm³/mol. The number of hydrogen-bond acceptors (Lipinski definition) is 4. The number of hydrogen-bond donors (Lipinski definition) is 1. The Kier molecular flexibility index (Phi) is 9.09. The van der Waals surface area contributed by atoms with E-state index in [9.17, 15) is 4.79 Å². The second-order valence-corrected chi connectivity index (χ2v) is 4.44. The van der Waals surface area contributed by atoms with E-state index in [2.05, 4.69) is 24.1 Å². The smallest absolute Gasteiger partial charge is 0.309 e. The highest BCUT2D eigenvalue weighted by atomic mass is 16.5. The number of rotatable bonds is 9. The lowest BCUT2D eigenvalue weighted by atomic mass is 10.0. The fourth-order valence-electron chi connectivity index (χ4n) is 1.74. The summed E-state index contributed by atoms with van der Waals surface area (Å²) in [6.07, 6.45) is 1.11. The molecule has 4 nitrogen and oxygen atoms in total. The first kappa shape index (κ1) is 16.4. The van der Waals surface area contributed by atoms with Crippen LogP contribution in [0.4, 0.5) is 0 Å². The van der Waals surface area contributed by atoms with Crippen LogP contribution >= 0.6 is 0 Å². The van der Waals surface area contributed by atoms with Crippen molar-refractivity contribution in [2.75, 3.05) is 33.3 Å². The molecule has 0 heterocycles. The molecular weight excluding hydrogens is 216 g/mol. The fourth-order valence-corrected chi connectivity index (χ4v) is 1.74.